The van der Waals surface area contributed by atoms with Gasteiger partial charge in [0, 0.05) is 0 Å². The predicted octanol–water partition coefficient (Wildman–Crippen LogP) is 0.759. The Balaban J connectivity index is 0. The van der Waals surface area contributed by atoms with Gasteiger partial charge in [-0.05, 0) is 12.2 Å². The largest absolute Gasteiger partial charge is 0.487 e. The molecular formula is C3H8MnNOS. The fourth-order valence-corrected chi connectivity index (χ4v) is 0. The van der Waals surface area contributed by atoms with Crippen LogP contribution in [0, 0.1) is 0 Å². The molecule has 0 saturated carbocycles. The first-order chi connectivity index (χ1) is 3.15. The first-order valence-electron chi connectivity index (χ1n) is 1.69. The summed E-state index contributed by atoms with van der Waals surface area (Å²) in [6.45, 7) is 2.04. The van der Waals surface area contributed by atoms with E-state index < -0.39 is 5.17 Å². The molecule has 0 aromatic rings. The van der Waals surface area contributed by atoms with Crippen molar-refractivity contribution in [2.45, 2.75) is 12.2 Å². The van der Waals surface area contributed by atoms with E-state index in [9.17, 15) is 0 Å². The summed E-state index contributed by atoms with van der Waals surface area (Å²) in [6, 6.07) is 0. The van der Waals surface area contributed by atoms with E-state index in [1.54, 1.807) is 0 Å². The van der Waals surface area contributed by atoms with Crippen molar-refractivity contribution in [1.82, 2.24) is 0 Å². The molecule has 0 heterocycles. The van der Waals surface area contributed by atoms with Crippen LogP contribution in [0.5, 0.6) is 0 Å². The molecule has 0 amide bonds. The van der Waals surface area contributed by atoms with Crippen molar-refractivity contribution in [3.05, 3.63) is 0 Å². The zero-order valence-corrected chi connectivity index (χ0v) is 6.01. The van der Waals surface area contributed by atoms with E-state index in [4.69, 9.17) is 5.11 Å². The second kappa shape index (κ2) is 9.51. The van der Waals surface area contributed by atoms with Gasteiger partial charge in [-0.2, -0.15) is 0 Å². The molecule has 3 N–H and O–H groups in total. The second-order valence-corrected chi connectivity index (χ2v) is 1.86. The molecule has 0 fully saturated rings. The Kier molecular flexibility index (Phi) is 13.9. The molecule has 0 spiro atoms. The maximum atomic E-state index is 7.56. The van der Waals surface area contributed by atoms with Gasteiger partial charge in [0.25, 0.3) is 5.17 Å². The van der Waals surface area contributed by atoms with Crippen molar-refractivity contribution in [2.75, 3.05) is 0 Å². The minimum Gasteiger partial charge on any atom is -0.487 e. The van der Waals surface area contributed by atoms with Crippen molar-refractivity contribution >= 4 is 17.4 Å². The van der Waals surface area contributed by atoms with E-state index >= 15 is 0 Å². The number of thiocarbonyl (C=S) groups is 1. The average molecular weight is 161 g/mol. The molecule has 0 unspecified atom stereocenters. The molecule has 2 nitrogen and oxygen atoms in total. The number of nitrogens with two attached hydrogens (primary N) is 1. The van der Waals surface area contributed by atoms with E-state index in [1.165, 1.54) is 0 Å². The van der Waals surface area contributed by atoms with Gasteiger partial charge in [-0.3, -0.25) is 0 Å². The van der Waals surface area contributed by atoms with Crippen molar-refractivity contribution in [1.29, 1.82) is 0 Å². The Morgan fingerprint density at radius 1 is 2.00 bits per heavy atom. The number of rotatable bonds is 0. The Labute approximate surface area is 56.9 Å². The van der Waals surface area contributed by atoms with E-state index in [-0.39, 0.29) is 0 Å². The molecule has 0 rings (SSSR count). The van der Waals surface area contributed by atoms with Gasteiger partial charge in [0.1, 0.15) is 0 Å². The molecule has 0 aliphatic carbocycles. The summed E-state index contributed by atoms with van der Waals surface area (Å²) < 4.78 is 0. The van der Waals surface area contributed by atoms with Crippen molar-refractivity contribution in [2.24, 2.45) is 5.73 Å². The Morgan fingerprint density at radius 2 is 2.00 bits per heavy atom. The molecule has 0 saturated heterocycles. The third-order valence-corrected chi connectivity index (χ3v) is 0. The number of hydrogen-bond acceptors (Lipinski definition) is 1. The number of aliphatic hydroxyl groups excluding tert-OH is 1. The molecule has 7 heavy (non-hydrogen) atoms. The molecule has 0 aromatic heterocycles. The summed E-state index contributed by atoms with van der Waals surface area (Å²) in [5, 5.41) is 8.13. The van der Waals surface area contributed by atoms with Crippen molar-refractivity contribution in [3.8, 4) is 0 Å². The quantitative estimate of drug-likeness (QED) is 0.407. The summed E-state index contributed by atoms with van der Waals surface area (Å²) in [7, 11) is 0. The topological polar surface area (TPSA) is 46.2 Å². The van der Waals surface area contributed by atoms with Gasteiger partial charge in [-0.1, -0.05) is 0 Å². The van der Waals surface area contributed by atoms with Crippen molar-refractivity contribution < 1.29 is 21.1 Å². The molecule has 0 aliphatic heterocycles. The van der Waals surface area contributed by atoms with Crippen LogP contribution < -0.4 is 5.73 Å². The van der Waals surface area contributed by atoms with Gasteiger partial charge >= 0.3 is 28.3 Å². The first kappa shape index (κ1) is 10.2. The van der Waals surface area contributed by atoms with Crippen LogP contribution in [0.1, 0.15) is 6.92 Å². The smallest absolute Gasteiger partial charge is 0.251 e. The molecule has 44 valence electrons. The standard InChI is InChI=1S/C2H5.CH3NOS.Mn/c1-2;2-1(3)4;/h1H2,2H3;(H3,2,3,4);. The zero-order chi connectivity index (χ0) is 6.28. The predicted molar refractivity (Wildman–Crippen MR) is 29.9 cm³/mol. The van der Waals surface area contributed by atoms with Crippen LogP contribution in [0.2, 0.25) is 5.32 Å². The summed E-state index contributed by atoms with van der Waals surface area (Å²) >= 11 is 7.02. The van der Waals surface area contributed by atoms with Gasteiger partial charge in [0.05, 0.1) is 0 Å². The summed E-state index contributed by atoms with van der Waals surface area (Å²) in [6.07, 6.45) is 0. The number of aliphatic hydroxyl groups is 1. The van der Waals surface area contributed by atoms with Gasteiger partial charge in [-0.25, -0.2) is 0 Å². The van der Waals surface area contributed by atoms with E-state index in [0.29, 0.717) is 0 Å². The molecule has 0 radical (unpaired) electrons. The Morgan fingerprint density at radius 3 is 2.00 bits per heavy atom. The second-order valence-electron chi connectivity index (χ2n) is 0.605. The van der Waals surface area contributed by atoms with E-state index in [2.05, 4.69) is 34.0 Å². The third kappa shape index (κ3) is 2510. The summed E-state index contributed by atoms with van der Waals surface area (Å²) in [4.78, 5) is 0. The zero-order valence-electron chi connectivity index (χ0n) is 4.02. The van der Waals surface area contributed by atoms with Crippen LogP contribution in [0.15, 0.2) is 0 Å². The van der Waals surface area contributed by atoms with Crippen LogP contribution in [0.3, 0.4) is 0 Å². The maximum Gasteiger partial charge on any atom is 0.251 e. The normalized spacial score (nSPS) is 6.00. The maximum absolute atomic E-state index is 7.56. The summed E-state index contributed by atoms with van der Waals surface area (Å²) in [5.41, 5.74) is 4.40. The fourth-order valence-electron chi connectivity index (χ4n) is 0. The monoisotopic (exact) mass is 161 g/mol. The number of hydrogen-bond donors (Lipinski definition) is 2. The fraction of sp³-hybridized carbons (Fsp3) is 0.667. The minimum atomic E-state index is -0.500. The van der Waals surface area contributed by atoms with Gasteiger partial charge < -0.3 is 10.8 Å². The Bertz CT molecular complexity index is 46.2. The van der Waals surface area contributed by atoms with Gasteiger partial charge in [0.15, 0.2) is 0 Å². The minimum absolute atomic E-state index is 0.500. The van der Waals surface area contributed by atoms with Crippen LogP contribution in [-0.4, -0.2) is 10.3 Å². The molecule has 4 heteroatoms. The van der Waals surface area contributed by atoms with E-state index in [1.807, 2.05) is 6.92 Å². The molecule has 0 aliphatic rings. The van der Waals surface area contributed by atoms with Crippen LogP contribution >= 0.6 is 12.2 Å². The molecule has 0 bridgehead atoms. The van der Waals surface area contributed by atoms with Gasteiger partial charge in [0.2, 0.25) is 0 Å². The summed E-state index contributed by atoms with van der Waals surface area (Å²) in [5.74, 6) is 0. The average Bonchev–Trinajstić information content (AvgIpc) is 1.33. The Hall–Kier alpha value is 0.209. The first-order valence-corrected chi connectivity index (χ1v) is 2.93. The van der Waals surface area contributed by atoms with Crippen LogP contribution in [0.4, 0.5) is 0 Å². The SMILES string of the molecule is C[CH2][Mn].NC(O)=S. The van der Waals surface area contributed by atoms with Gasteiger partial charge in [-0.15, -0.1) is 0 Å². The van der Waals surface area contributed by atoms with Crippen LogP contribution in [0.25, 0.3) is 0 Å². The molecule has 0 atom stereocenters. The van der Waals surface area contributed by atoms with E-state index in [0.717, 1.165) is 5.32 Å². The molecular weight excluding hydrogens is 153 g/mol. The molecule has 0 aromatic carbocycles. The third-order valence-electron chi connectivity index (χ3n) is 0. The van der Waals surface area contributed by atoms with Crippen LogP contribution in [-0.2, 0) is 16.0 Å². The van der Waals surface area contributed by atoms with Crippen molar-refractivity contribution in [3.63, 3.8) is 0 Å².